The van der Waals surface area contributed by atoms with E-state index in [1.54, 1.807) is 18.2 Å². The van der Waals surface area contributed by atoms with E-state index >= 15 is 0 Å². The Hall–Kier alpha value is -2.13. The van der Waals surface area contributed by atoms with E-state index in [2.05, 4.69) is 10.0 Å². The zero-order valence-electron chi connectivity index (χ0n) is 11.3. The third-order valence-electron chi connectivity index (χ3n) is 2.65. The number of rotatable bonds is 5. The van der Waals surface area contributed by atoms with Crippen LogP contribution in [-0.2, 0) is 10.0 Å². The molecule has 2 aromatic rings. The summed E-state index contributed by atoms with van der Waals surface area (Å²) in [5.41, 5.74) is 1.06. The predicted molar refractivity (Wildman–Crippen MR) is 82.5 cm³/mol. The zero-order valence-corrected chi connectivity index (χ0v) is 12.9. The largest absolute Gasteiger partial charge is 0.374 e. The predicted octanol–water partition coefficient (Wildman–Crippen LogP) is 2.81. The van der Waals surface area contributed by atoms with Crippen molar-refractivity contribution >= 4 is 37.7 Å². The van der Waals surface area contributed by atoms with Gasteiger partial charge in [-0.1, -0.05) is 23.5 Å². The highest BCUT2D eigenvalue weighted by molar-refractivity contribution is 7.94. The lowest BCUT2D eigenvalue weighted by Crippen LogP contribution is -2.11. The molecule has 0 unspecified atom stereocenters. The van der Waals surface area contributed by atoms with Gasteiger partial charge in [0, 0.05) is 18.8 Å². The zero-order chi connectivity index (χ0) is 15.6. The van der Waals surface area contributed by atoms with E-state index in [0.29, 0.717) is 5.69 Å². The molecule has 1 aromatic carbocycles. The van der Waals surface area contributed by atoms with Crippen molar-refractivity contribution in [2.24, 2.45) is 0 Å². The fourth-order valence-corrected chi connectivity index (χ4v) is 4.05. The summed E-state index contributed by atoms with van der Waals surface area (Å²) in [6, 6.07) is 7.91. The first-order valence-electron chi connectivity index (χ1n) is 5.89. The van der Waals surface area contributed by atoms with Crippen molar-refractivity contribution in [3.63, 3.8) is 0 Å². The van der Waals surface area contributed by atoms with Crippen molar-refractivity contribution < 1.29 is 13.3 Å². The van der Waals surface area contributed by atoms with Crippen LogP contribution in [-0.4, -0.2) is 20.4 Å². The second-order valence-electron chi connectivity index (χ2n) is 4.26. The number of hydrogen-bond acceptors (Lipinski definition) is 6. The molecular weight excluding hydrogens is 314 g/mol. The standard InChI is InChI=1S/C12H13N3O4S2/c1-8-4-3-5-9(6-8)14-21(18,19)11-7-10(15(16)17)12(13-2)20-11/h3-7,13-14H,1-2H3. The van der Waals surface area contributed by atoms with Crippen LogP contribution in [0.1, 0.15) is 5.56 Å². The molecule has 0 bridgehead atoms. The summed E-state index contributed by atoms with van der Waals surface area (Å²) in [6.45, 7) is 1.84. The van der Waals surface area contributed by atoms with Crippen molar-refractivity contribution in [1.29, 1.82) is 0 Å². The van der Waals surface area contributed by atoms with Crippen LogP contribution in [0.5, 0.6) is 0 Å². The monoisotopic (exact) mass is 327 g/mol. The van der Waals surface area contributed by atoms with Crippen LogP contribution in [0, 0.1) is 17.0 Å². The van der Waals surface area contributed by atoms with E-state index < -0.39 is 14.9 Å². The first-order chi connectivity index (χ1) is 9.83. The molecule has 0 saturated heterocycles. The molecule has 9 heteroatoms. The number of sulfonamides is 1. The van der Waals surface area contributed by atoms with Crippen molar-refractivity contribution in [3.05, 3.63) is 46.0 Å². The summed E-state index contributed by atoms with van der Waals surface area (Å²) in [7, 11) is -2.35. The second-order valence-corrected chi connectivity index (χ2v) is 7.22. The first kappa shape index (κ1) is 15.3. The molecule has 112 valence electrons. The van der Waals surface area contributed by atoms with Crippen molar-refractivity contribution in [2.45, 2.75) is 11.1 Å². The third-order valence-corrected chi connectivity index (χ3v) is 5.65. The van der Waals surface area contributed by atoms with Crippen LogP contribution in [0.15, 0.2) is 34.5 Å². The summed E-state index contributed by atoms with van der Waals surface area (Å²) < 4.78 is 26.8. The Bertz CT molecular complexity index is 784. The molecule has 0 atom stereocenters. The average molecular weight is 327 g/mol. The molecular formula is C12H13N3O4S2. The van der Waals surface area contributed by atoms with Crippen molar-refractivity contribution in [2.75, 3.05) is 17.1 Å². The maximum Gasteiger partial charge on any atom is 0.304 e. The fourth-order valence-electron chi connectivity index (χ4n) is 1.72. The minimum absolute atomic E-state index is 0.111. The number of aryl methyl sites for hydroxylation is 1. The lowest BCUT2D eigenvalue weighted by atomic mass is 10.2. The number of nitrogens with one attached hydrogen (secondary N) is 2. The Labute approximate surface area is 125 Å². The van der Waals surface area contributed by atoms with Crippen LogP contribution in [0.2, 0.25) is 0 Å². The highest BCUT2D eigenvalue weighted by atomic mass is 32.2. The quantitative estimate of drug-likeness (QED) is 0.649. The van der Waals surface area contributed by atoms with Crippen LogP contribution in [0.25, 0.3) is 0 Å². The Morgan fingerprint density at radius 1 is 1.29 bits per heavy atom. The number of thiophene rings is 1. The summed E-state index contributed by atoms with van der Waals surface area (Å²) in [4.78, 5) is 10.3. The lowest BCUT2D eigenvalue weighted by molar-refractivity contribution is -0.383. The molecule has 21 heavy (non-hydrogen) atoms. The highest BCUT2D eigenvalue weighted by Gasteiger charge is 2.25. The number of nitrogens with zero attached hydrogens (tertiary/aromatic N) is 1. The van der Waals surface area contributed by atoms with Crippen LogP contribution in [0.3, 0.4) is 0 Å². The third kappa shape index (κ3) is 3.31. The van der Waals surface area contributed by atoms with E-state index in [0.717, 1.165) is 23.0 Å². The molecule has 0 amide bonds. The first-order valence-corrected chi connectivity index (χ1v) is 8.19. The SMILES string of the molecule is CNc1sc(S(=O)(=O)Nc2cccc(C)c2)cc1[N+](=O)[O-]. The Balaban J connectivity index is 2.38. The Morgan fingerprint density at radius 2 is 2.00 bits per heavy atom. The van der Waals surface area contributed by atoms with Gasteiger partial charge in [-0.15, -0.1) is 0 Å². The van der Waals surface area contributed by atoms with Gasteiger partial charge in [-0.2, -0.15) is 0 Å². The van der Waals surface area contributed by atoms with Gasteiger partial charge >= 0.3 is 5.69 Å². The molecule has 0 spiro atoms. The Morgan fingerprint density at radius 3 is 2.52 bits per heavy atom. The number of benzene rings is 1. The molecule has 0 saturated carbocycles. The van der Waals surface area contributed by atoms with Gasteiger partial charge in [-0.05, 0) is 24.6 Å². The molecule has 1 aromatic heterocycles. The van der Waals surface area contributed by atoms with Gasteiger partial charge < -0.3 is 5.32 Å². The minimum Gasteiger partial charge on any atom is -0.374 e. The number of anilines is 2. The molecule has 0 fully saturated rings. The van der Waals surface area contributed by atoms with Gasteiger partial charge in [0.25, 0.3) is 10.0 Å². The minimum atomic E-state index is -3.85. The van der Waals surface area contributed by atoms with Crippen LogP contribution < -0.4 is 10.0 Å². The van der Waals surface area contributed by atoms with Gasteiger partial charge in [0.2, 0.25) is 0 Å². The Kier molecular flexibility index (Phi) is 4.14. The molecule has 0 aliphatic heterocycles. The summed E-state index contributed by atoms with van der Waals surface area (Å²) in [5.74, 6) is 0. The topological polar surface area (TPSA) is 101 Å². The van der Waals surface area contributed by atoms with Crippen LogP contribution in [0.4, 0.5) is 16.4 Å². The van der Waals surface area contributed by atoms with Gasteiger partial charge in [-0.3, -0.25) is 14.8 Å². The molecule has 0 aliphatic carbocycles. The molecule has 0 aliphatic rings. The molecule has 7 nitrogen and oxygen atoms in total. The van der Waals surface area contributed by atoms with Gasteiger partial charge in [0.15, 0.2) is 5.00 Å². The van der Waals surface area contributed by atoms with E-state index in [1.807, 2.05) is 13.0 Å². The summed E-state index contributed by atoms with van der Waals surface area (Å²) >= 11 is 0.815. The molecule has 1 heterocycles. The summed E-state index contributed by atoms with van der Waals surface area (Å²) in [5, 5.41) is 13.7. The summed E-state index contributed by atoms with van der Waals surface area (Å²) in [6.07, 6.45) is 0. The number of nitro groups is 1. The highest BCUT2D eigenvalue weighted by Crippen LogP contribution is 2.37. The fraction of sp³-hybridized carbons (Fsp3) is 0.167. The van der Waals surface area contributed by atoms with E-state index in [-0.39, 0.29) is 14.9 Å². The second kappa shape index (κ2) is 5.70. The van der Waals surface area contributed by atoms with E-state index in [4.69, 9.17) is 0 Å². The maximum absolute atomic E-state index is 12.3. The van der Waals surface area contributed by atoms with Crippen molar-refractivity contribution in [1.82, 2.24) is 0 Å². The van der Waals surface area contributed by atoms with Gasteiger partial charge in [-0.25, -0.2) is 8.42 Å². The molecule has 0 radical (unpaired) electrons. The lowest BCUT2D eigenvalue weighted by Gasteiger charge is -2.06. The maximum atomic E-state index is 12.3. The van der Waals surface area contributed by atoms with E-state index in [9.17, 15) is 18.5 Å². The van der Waals surface area contributed by atoms with Gasteiger partial charge in [0.1, 0.15) is 4.21 Å². The smallest absolute Gasteiger partial charge is 0.304 e. The van der Waals surface area contributed by atoms with Crippen molar-refractivity contribution in [3.8, 4) is 0 Å². The van der Waals surface area contributed by atoms with Crippen LogP contribution >= 0.6 is 11.3 Å². The average Bonchev–Trinajstić information content (AvgIpc) is 2.83. The normalized spacial score (nSPS) is 11.1. The van der Waals surface area contributed by atoms with E-state index in [1.165, 1.54) is 7.05 Å². The molecule has 2 rings (SSSR count). The van der Waals surface area contributed by atoms with Gasteiger partial charge in [0.05, 0.1) is 4.92 Å². The molecule has 2 N–H and O–H groups in total. The number of hydrogen-bond donors (Lipinski definition) is 2.